The SMILES string of the molecule is CC(=O)N1CCC(N2CC[C@H](c3nc4ccccc4[nH]3)C2)CC1. The van der Waals surface area contributed by atoms with Crippen LogP contribution in [0.3, 0.4) is 0 Å². The Hall–Kier alpha value is -1.88. The minimum absolute atomic E-state index is 0.213. The first-order valence-electron chi connectivity index (χ1n) is 8.65. The monoisotopic (exact) mass is 312 g/mol. The van der Waals surface area contributed by atoms with Crippen LogP contribution in [0.1, 0.15) is 37.9 Å². The Kier molecular flexibility index (Phi) is 3.81. The van der Waals surface area contributed by atoms with Gasteiger partial charge in [-0.1, -0.05) is 12.1 Å². The number of aromatic nitrogens is 2. The Morgan fingerprint density at radius 1 is 1.17 bits per heavy atom. The maximum atomic E-state index is 11.4. The molecule has 122 valence electrons. The summed E-state index contributed by atoms with van der Waals surface area (Å²) in [5.41, 5.74) is 2.20. The van der Waals surface area contributed by atoms with Crippen molar-refractivity contribution in [3.8, 4) is 0 Å². The molecular formula is C18H24N4O. The van der Waals surface area contributed by atoms with Crippen LogP contribution in [0.2, 0.25) is 0 Å². The largest absolute Gasteiger partial charge is 0.343 e. The molecule has 1 atom stereocenters. The predicted molar refractivity (Wildman–Crippen MR) is 90.3 cm³/mol. The number of carbonyl (C=O) groups excluding carboxylic acids is 1. The number of H-pyrrole nitrogens is 1. The van der Waals surface area contributed by atoms with Crippen molar-refractivity contribution in [3.63, 3.8) is 0 Å². The molecule has 1 amide bonds. The maximum absolute atomic E-state index is 11.4. The molecule has 2 saturated heterocycles. The number of hydrogen-bond donors (Lipinski definition) is 1. The first-order chi connectivity index (χ1) is 11.2. The van der Waals surface area contributed by atoms with Gasteiger partial charge < -0.3 is 9.88 Å². The van der Waals surface area contributed by atoms with Crippen LogP contribution < -0.4 is 0 Å². The maximum Gasteiger partial charge on any atom is 0.219 e. The minimum atomic E-state index is 0.213. The van der Waals surface area contributed by atoms with E-state index in [2.05, 4.69) is 22.0 Å². The van der Waals surface area contributed by atoms with Crippen molar-refractivity contribution in [1.82, 2.24) is 19.8 Å². The molecule has 3 heterocycles. The van der Waals surface area contributed by atoms with Gasteiger partial charge in [-0.25, -0.2) is 4.98 Å². The highest BCUT2D eigenvalue weighted by molar-refractivity contribution is 5.75. The molecule has 2 fully saturated rings. The van der Waals surface area contributed by atoms with E-state index in [1.165, 1.54) is 6.42 Å². The van der Waals surface area contributed by atoms with Gasteiger partial charge in [-0.2, -0.15) is 0 Å². The average Bonchev–Trinajstić information content (AvgIpc) is 3.21. The second-order valence-corrected chi connectivity index (χ2v) is 6.86. The van der Waals surface area contributed by atoms with Crippen LogP contribution in [0, 0.1) is 0 Å². The number of hydrogen-bond acceptors (Lipinski definition) is 3. The Balaban J connectivity index is 1.40. The van der Waals surface area contributed by atoms with Gasteiger partial charge in [0, 0.05) is 38.5 Å². The van der Waals surface area contributed by atoms with Crippen molar-refractivity contribution in [2.45, 2.75) is 38.1 Å². The second-order valence-electron chi connectivity index (χ2n) is 6.86. The van der Waals surface area contributed by atoms with Gasteiger partial charge in [0.15, 0.2) is 0 Å². The first-order valence-corrected chi connectivity index (χ1v) is 8.65. The lowest BCUT2D eigenvalue weighted by atomic mass is 10.0. The van der Waals surface area contributed by atoms with Crippen molar-refractivity contribution in [3.05, 3.63) is 30.1 Å². The molecule has 2 aliphatic heterocycles. The number of imidazole rings is 1. The molecule has 2 aliphatic rings. The summed E-state index contributed by atoms with van der Waals surface area (Å²) in [6, 6.07) is 8.88. The van der Waals surface area contributed by atoms with E-state index in [1.54, 1.807) is 6.92 Å². The Morgan fingerprint density at radius 3 is 2.70 bits per heavy atom. The molecule has 4 rings (SSSR count). The molecule has 1 aromatic heterocycles. The third kappa shape index (κ3) is 2.85. The molecule has 1 aromatic carbocycles. The molecule has 0 spiro atoms. The minimum Gasteiger partial charge on any atom is -0.343 e. The number of para-hydroxylation sites is 2. The number of nitrogens with one attached hydrogen (secondary N) is 1. The van der Waals surface area contributed by atoms with E-state index in [4.69, 9.17) is 4.98 Å². The Morgan fingerprint density at radius 2 is 1.96 bits per heavy atom. The molecule has 0 bridgehead atoms. The Bertz CT molecular complexity index is 669. The number of likely N-dealkylation sites (tertiary alicyclic amines) is 2. The smallest absolute Gasteiger partial charge is 0.219 e. The van der Waals surface area contributed by atoms with E-state index in [-0.39, 0.29) is 5.91 Å². The van der Waals surface area contributed by atoms with E-state index in [1.807, 2.05) is 17.0 Å². The van der Waals surface area contributed by atoms with Crippen LogP contribution in [-0.4, -0.2) is 57.9 Å². The van der Waals surface area contributed by atoms with Gasteiger partial charge in [0.1, 0.15) is 5.82 Å². The third-order valence-corrected chi connectivity index (χ3v) is 5.44. The average molecular weight is 312 g/mol. The van der Waals surface area contributed by atoms with Crippen LogP contribution in [0.25, 0.3) is 11.0 Å². The highest BCUT2D eigenvalue weighted by Gasteiger charge is 2.32. The van der Waals surface area contributed by atoms with Gasteiger partial charge in [0.25, 0.3) is 0 Å². The summed E-state index contributed by atoms with van der Waals surface area (Å²) in [5.74, 6) is 1.85. The highest BCUT2D eigenvalue weighted by atomic mass is 16.2. The lowest BCUT2D eigenvalue weighted by Crippen LogP contribution is -2.45. The molecular weight excluding hydrogens is 288 g/mol. The topological polar surface area (TPSA) is 52.2 Å². The number of fused-ring (bicyclic) bond motifs is 1. The number of piperidine rings is 1. The van der Waals surface area contributed by atoms with E-state index >= 15 is 0 Å². The number of amides is 1. The normalized spacial score (nSPS) is 23.7. The van der Waals surface area contributed by atoms with E-state index in [0.29, 0.717) is 12.0 Å². The number of nitrogens with zero attached hydrogens (tertiary/aromatic N) is 3. The van der Waals surface area contributed by atoms with E-state index in [0.717, 1.165) is 55.9 Å². The standard InChI is InChI=1S/C18H24N4O/c1-13(23)21-10-7-15(8-11-21)22-9-6-14(12-22)18-19-16-4-2-3-5-17(16)20-18/h2-5,14-15H,6-12H2,1H3,(H,19,20)/t14-/m0/s1. The molecule has 2 aromatic rings. The third-order valence-electron chi connectivity index (χ3n) is 5.44. The summed E-state index contributed by atoms with van der Waals surface area (Å²) in [6.45, 7) is 5.72. The number of aromatic amines is 1. The number of carbonyl (C=O) groups is 1. The molecule has 0 radical (unpaired) electrons. The zero-order valence-electron chi connectivity index (χ0n) is 13.7. The molecule has 23 heavy (non-hydrogen) atoms. The zero-order chi connectivity index (χ0) is 15.8. The Labute approximate surface area is 136 Å². The summed E-state index contributed by atoms with van der Waals surface area (Å²) < 4.78 is 0. The summed E-state index contributed by atoms with van der Waals surface area (Å²) in [7, 11) is 0. The molecule has 5 nitrogen and oxygen atoms in total. The highest BCUT2D eigenvalue weighted by Crippen LogP contribution is 2.30. The first kappa shape index (κ1) is 14.7. The molecule has 5 heteroatoms. The molecule has 0 unspecified atom stereocenters. The van der Waals surface area contributed by atoms with Crippen LogP contribution in [-0.2, 0) is 4.79 Å². The lowest BCUT2D eigenvalue weighted by molar-refractivity contribution is -0.130. The predicted octanol–water partition coefficient (Wildman–Crippen LogP) is 2.36. The lowest BCUT2D eigenvalue weighted by Gasteiger charge is -2.36. The fraction of sp³-hybridized carbons (Fsp3) is 0.556. The zero-order valence-corrected chi connectivity index (χ0v) is 13.7. The van der Waals surface area contributed by atoms with Gasteiger partial charge in [0.05, 0.1) is 11.0 Å². The molecule has 0 aliphatic carbocycles. The van der Waals surface area contributed by atoms with Crippen molar-refractivity contribution in [2.75, 3.05) is 26.2 Å². The van der Waals surface area contributed by atoms with Crippen molar-refractivity contribution in [2.24, 2.45) is 0 Å². The number of benzene rings is 1. The van der Waals surface area contributed by atoms with Crippen molar-refractivity contribution in [1.29, 1.82) is 0 Å². The van der Waals surface area contributed by atoms with Crippen molar-refractivity contribution < 1.29 is 4.79 Å². The van der Waals surface area contributed by atoms with Gasteiger partial charge in [0.2, 0.25) is 5.91 Å². The van der Waals surface area contributed by atoms with E-state index in [9.17, 15) is 4.79 Å². The summed E-state index contributed by atoms with van der Waals surface area (Å²) in [5, 5.41) is 0. The van der Waals surface area contributed by atoms with Crippen LogP contribution in [0.4, 0.5) is 0 Å². The summed E-state index contributed by atoms with van der Waals surface area (Å²) >= 11 is 0. The van der Waals surface area contributed by atoms with Crippen LogP contribution >= 0.6 is 0 Å². The quantitative estimate of drug-likeness (QED) is 0.926. The van der Waals surface area contributed by atoms with Crippen LogP contribution in [0.5, 0.6) is 0 Å². The van der Waals surface area contributed by atoms with Gasteiger partial charge in [-0.3, -0.25) is 9.69 Å². The summed E-state index contributed by atoms with van der Waals surface area (Å²) in [6.07, 6.45) is 3.38. The van der Waals surface area contributed by atoms with Crippen LogP contribution in [0.15, 0.2) is 24.3 Å². The summed E-state index contributed by atoms with van der Waals surface area (Å²) in [4.78, 5) is 24.3. The fourth-order valence-corrected chi connectivity index (χ4v) is 4.05. The van der Waals surface area contributed by atoms with Crippen molar-refractivity contribution >= 4 is 16.9 Å². The van der Waals surface area contributed by atoms with Gasteiger partial charge in [-0.05, 0) is 37.9 Å². The molecule has 0 saturated carbocycles. The van der Waals surface area contributed by atoms with Gasteiger partial charge in [-0.15, -0.1) is 0 Å². The fourth-order valence-electron chi connectivity index (χ4n) is 4.05. The van der Waals surface area contributed by atoms with Gasteiger partial charge >= 0.3 is 0 Å². The van der Waals surface area contributed by atoms with E-state index < -0.39 is 0 Å². The molecule has 1 N–H and O–H groups in total. The number of rotatable bonds is 2. The second kappa shape index (κ2) is 5.96.